The molecule has 0 spiro atoms. The minimum Gasteiger partial charge on any atom is -0.387 e. The first kappa shape index (κ1) is 10.2. The first-order chi connectivity index (χ1) is 6.59. The van der Waals surface area contributed by atoms with Crippen molar-refractivity contribution in [1.29, 1.82) is 0 Å². The Bertz CT molecular complexity index is 367. The minimum absolute atomic E-state index is 0.221. The van der Waals surface area contributed by atoms with Gasteiger partial charge in [-0.1, -0.05) is 23.2 Å². The second-order valence-electron chi connectivity index (χ2n) is 3.61. The summed E-state index contributed by atoms with van der Waals surface area (Å²) < 4.78 is 0. The molecule has 0 aromatic heterocycles. The summed E-state index contributed by atoms with van der Waals surface area (Å²) >= 11 is 11.9. The molecule has 0 saturated carbocycles. The fourth-order valence-electron chi connectivity index (χ4n) is 1.87. The van der Waals surface area contributed by atoms with Crippen LogP contribution in [-0.2, 0) is 6.42 Å². The van der Waals surface area contributed by atoms with Crippen molar-refractivity contribution in [2.24, 2.45) is 5.73 Å². The van der Waals surface area contributed by atoms with Crippen LogP contribution in [0.3, 0.4) is 0 Å². The van der Waals surface area contributed by atoms with Gasteiger partial charge < -0.3 is 10.8 Å². The molecule has 0 fully saturated rings. The van der Waals surface area contributed by atoms with Crippen LogP contribution in [0.4, 0.5) is 0 Å². The summed E-state index contributed by atoms with van der Waals surface area (Å²) in [6, 6.07) is 3.27. The Labute approximate surface area is 92.6 Å². The lowest BCUT2D eigenvalue weighted by Gasteiger charge is -2.28. The number of halogens is 2. The van der Waals surface area contributed by atoms with E-state index in [1.54, 1.807) is 6.07 Å². The van der Waals surface area contributed by atoms with Crippen LogP contribution in [0.15, 0.2) is 12.1 Å². The topological polar surface area (TPSA) is 46.2 Å². The molecule has 1 aliphatic rings. The maximum atomic E-state index is 9.85. The van der Waals surface area contributed by atoms with E-state index in [4.69, 9.17) is 28.9 Å². The Kier molecular flexibility index (Phi) is 2.71. The van der Waals surface area contributed by atoms with Gasteiger partial charge in [-0.3, -0.25) is 0 Å². The number of aliphatic hydroxyl groups excluding tert-OH is 1. The molecule has 0 bridgehead atoms. The highest BCUT2D eigenvalue weighted by molar-refractivity contribution is 6.35. The fraction of sp³-hybridized carbons (Fsp3) is 0.400. The molecule has 3 N–H and O–H groups in total. The Hall–Kier alpha value is -0.280. The van der Waals surface area contributed by atoms with Crippen LogP contribution in [0, 0.1) is 0 Å². The predicted molar refractivity (Wildman–Crippen MR) is 57.7 cm³/mol. The molecule has 4 heteroatoms. The van der Waals surface area contributed by atoms with Crippen LogP contribution in [0.2, 0.25) is 10.0 Å². The Balaban J connectivity index is 2.54. The number of nitrogens with two attached hydrogens (primary N) is 1. The van der Waals surface area contributed by atoms with Crippen LogP contribution in [0.1, 0.15) is 23.7 Å². The molecule has 76 valence electrons. The molecule has 0 radical (unpaired) electrons. The second-order valence-corrected chi connectivity index (χ2v) is 4.45. The van der Waals surface area contributed by atoms with Crippen LogP contribution in [-0.4, -0.2) is 11.1 Å². The van der Waals surface area contributed by atoms with Crippen molar-refractivity contribution < 1.29 is 5.11 Å². The highest BCUT2D eigenvalue weighted by Crippen LogP contribution is 2.36. The largest absolute Gasteiger partial charge is 0.387 e. The number of rotatable bonds is 0. The third-order valence-corrected chi connectivity index (χ3v) is 3.16. The fourth-order valence-corrected chi connectivity index (χ4v) is 2.52. The lowest BCUT2D eigenvalue weighted by molar-refractivity contribution is 0.134. The maximum Gasteiger partial charge on any atom is 0.0958 e. The zero-order valence-corrected chi connectivity index (χ0v) is 9.02. The van der Waals surface area contributed by atoms with E-state index >= 15 is 0 Å². The first-order valence-electron chi connectivity index (χ1n) is 4.51. The summed E-state index contributed by atoms with van der Waals surface area (Å²) in [7, 11) is 0. The molecule has 0 unspecified atom stereocenters. The van der Waals surface area contributed by atoms with E-state index in [0.717, 1.165) is 24.0 Å². The summed E-state index contributed by atoms with van der Waals surface area (Å²) in [5.74, 6) is 0. The van der Waals surface area contributed by atoms with E-state index in [1.807, 2.05) is 6.07 Å². The third kappa shape index (κ3) is 1.63. The molecular formula is C10H11Cl2NO. The zero-order chi connectivity index (χ0) is 10.3. The normalized spacial score (nSPS) is 26.0. The van der Waals surface area contributed by atoms with E-state index in [1.165, 1.54) is 0 Å². The first-order valence-corrected chi connectivity index (χ1v) is 5.26. The SMILES string of the molecule is N[C@@H]1CCc2cc(Cl)cc(Cl)c2[C@@H]1O. The van der Waals surface area contributed by atoms with Gasteiger partial charge in [0.25, 0.3) is 0 Å². The maximum absolute atomic E-state index is 9.85. The van der Waals surface area contributed by atoms with Gasteiger partial charge >= 0.3 is 0 Å². The molecule has 0 heterocycles. The zero-order valence-electron chi connectivity index (χ0n) is 7.50. The molecule has 0 saturated heterocycles. The van der Waals surface area contributed by atoms with Crippen molar-refractivity contribution in [2.75, 3.05) is 0 Å². The van der Waals surface area contributed by atoms with Crippen LogP contribution in [0.5, 0.6) is 0 Å². The summed E-state index contributed by atoms with van der Waals surface area (Å²) in [4.78, 5) is 0. The monoisotopic (exact) mass is 231 g/mol. The number of aliphatic hydroxyl groups is 1. The molecule has 0 amide bonds. The summed E-state index contributed by atoms with van der Waals surface area (Å²) in [5, 5.41) is 11.0. The Morgan fingerprint density at radius 2 is 2.07 bits per heavy atom. The average molecular weight is 232 g/mol. The van der Waals surface area contributed by atoms with Crippen molar-refractivity contribution in [3.8, 4) is 0 Å². The number of hydrogen-bond acceptors (Lipinski definition) is 2. The van der Waals surface area contributed by atoms with Gasteiger partial charge in [0.05, 0.1) is 6.10 Å². The van der Waals surface area contributed by atoms with Crippen molar-refractivity contribution >= 4 is 23.2 Å². The molecule has 2 rings (SSSR count). The van der Waals surface area contributed by atoms with Crippen molar-refractivity contribution in [3.63, 3.8) is 0 Å². The van der Waals surface area contributed by atoms with Gasteiger partial charge in [-0.05, 0) is 30.5 Å². The molecule has 1 aromatic carbocycles. The molecular weight excluding hydrogens is 221 g/mol. The van der Waals surface area contributed by atoms with Crippen molar-refractivity contribution in [1.82, 2.24) is 0 Å². The van der Waals surface area contributed by atoms with Crippen molar-refractivity contribution in [2.45, 2.75) is 25.0 Å². The van der Waals surface area contributed by atoms with E-state index in [-0.39, 0.29) is 6.04 Å². The molecule has 2 nitrogen and oxygen atoms in total. The van der Waals surface area contributed by atoms with E-state index < -0.39 is 6.10 Å². The summed E-state index contributed by atoms with van der Waals surface area (Å²) in [6.45, 7) is 0. The summed E-state index contributed by atoms with van der Waals surface area (Å²) in [5.41, 5.74) is 7.51. The third-order valence-electron chi connectivity index (χ3n) is 2.63. The molecule has 14 heavy (non-hydrogen) atoms. The van der Waals surface area contributed by atoms with Gasteiger partial charge in [0, 0.05) is 21.7 Å². The van der Waals surface area contributed by atoms with Crippen molar-refractivity contribution in [3.05, 3.63) is 33.3 Å². The van der Waals surface area contributed by atoms with Gasteiger partial charge in [0.15, 0.2) is 0 Å². The lowest BCUT2D eigenvalue weighted by Crippen LogP contribution is -2.33. The standard InChI is InChI=1S/C10H11Cl2NO/c11-6-3-5-1-2-8(13)10(14)9(5)7(12)4-6/h3-4,8,10,14H,1-2,13H2/t8-,10-/m1/s1. The van der Waals surface area contributed by atoms with E-state index in [2.05, 4.69) is 0 Å². The van der Waals surface area contributed by atoms with Gasteiger partial charge in [-0.2, -0.15) is 0 Å². The van der Waals surface area contributed by atoms with Gasteiger partial charge in [0.2, 0.25) is 0 Å². The average Bonchev–Trinajstić information content (AvgIpc) is 2.10. The highest BCUT2D eigenvalue weighted by Gasteiger charge is 2.27. The molecule has 1 aromatic rings. The predicted octanol–water partition coefficient (Wildman–Crippen LogP) is 2.30. The molecule has 0 aliphatic heterocycles. The smallest absolute Gasteiger partial charge is 0.0958 e. The van der Waals surface area contributed by atoms with E-state index in [9.17, 15) is 5.11 Å². The summed E-state index contributed by atoms with van der Waals surface area (Å²) in [6.07, 6.45) is 0.932. The number of hydrogen-bond donors (Lipinski definition) is 2. The van der Waals surface area contributed by atoms with Crippen LogP contribution >= 0.6 is 23.2 Å². The van der Waals surface area contributed by atoms with Crippen LogP contribution in [0.25, 0.3) is 0 Å². The quantitative estimate of drug-likeness (QED) is 0.720. The molecule has 1 aliphatic carbocycles. The molecule has 2 atom stereocenters. The van der Waals surface area contributed by atoms with Gasteiger partial charge in [-0.25, -0.2) is 0 Å². The Morgan fingerprint density at radius 1 is 1.36 bits per heavy atom. The van der Waals surface area contributed by atoms with Crippen LogP contribution < -0.4 is 5.73 Å². The van der Waals surface area contributed by atoms with Gasteiger partial charge in [-0.15, -0.1) is 0 Å². The van der Waals surface area contributed by atoms with Gasteiger partial charge in [0.1, 0.15) is 0 Å². The highest BCUT2D eigenvalue weighted by atomic mass is 35.5. The minimum atomic E-state index is -0.663. The second kappa shape index (κ2) is 3.70. The van der Waals surface area contributed by atoms with E-state index in [0.29, 0.717) is 10.0 Å². The lowest BCUT2D eigenvalue weighted by atomic mass is 9.86. The Morgan fingerprint density at radius 3 is 2.79 bits per heavy atom. The number of benzene rings is 1. The number of fused-ring (bicyclic) bond motifs is 1. The number of aryl methyl sites for hydroxylation is 1.